The van der Waals surface area contributed by atoms with Gasteiger partial charge in [-0.05, 0) is 18.9 Å². The maximum Gasteiger partial charge on any atom is 0.223 e. The molecule has 0 aliphatic heterocycles. The predicted molar refractivity (Wildman–Crippen MR) is 72.2 cm³/mol. The molecule has 17 heavy (non-hydrogen) atoms. The van der Waals surface area contributed by atoms with Crippen molar-refractivity contribution in [2.45, 2.75) is 13.8 Å². The monoisotopic (exact) mass is 254 g/mol. The van der Waals surface area contributed by atoms with Crippen LogP contribution in [0.2, 0.25) is 0 Å². The van der Waals surface area contributed by atoms with Crippen molar-refractivity contribution in [1.29, 1.82) is 0 Å². The molecule has 0 saturated carbocycles. The first kappa shape index (κ1) is 13.8. The Bertz CT molecular complexity index is 397. The lowest BCUT2D eigenvalue weighted by atomic mass is 10.2. The number of rotatable bonds is 6. The van der Waals surface area contributed by atoms with Crippen molar-refractivity contribution in [1.82, 2.24) is 9.97 Å². The Morgan fingerprint density at radius 3 is 2.88 bits per heavy atom. The minimum Gasteiger partial charge on any atom is -0.388 e. The van der Waals surface area contributed by atoms with Crippen LogP contribution in [0, 0.1) is 12.8 Å². The van der Waals surface area contributed by atoms with Gasteiger partial charge >= 0.3 is 0 Å². The number of methoxy groups -OCH3 is 1. The zero-order valence-electron chi connectivity index (χ0n) is 10.4. The van der Waals surface area contributed by atoms with Gasteiger partial charge in [-0.3, -0.25) is 0 Å². The predicted octanol–water partition coefficient (Wildman–Crippen LogP) is 1.11. The zero-order chi connectivity index (χ0) is 12.8. The van der Waals surface area contributed by atoms with Gasteiger partial charge in [0.1, 0.15) is 10.7 Å². The van der Waals surface area contributed by atoms with Gasteiger partial charge in [0.25, 0.3) is 0 Å². The summed E-state index contributed by atoms with van der Waals surface area (Å²) >= 11 is 4.90. The summed E-state index contributed by atoms with van der Waals surface area (Å²) < 4.78 is 5.06. The van der Waals surface area contributed by atoms with E-state index in [1.807, 2.05) is 6.92 Å². The highest BCUT2D eigenvalue weighted by Gasteiger charge is 2.06. The molecular weight excluding hydrogens is 236 g/mol. The quantitative estimate of drug-likeness (QED) is 0.741. The normalized spacial score (nSPS) is 12.2. The fourth-order valence-electron chi connectivity index (χ4n) is 1.38. The van der Waals surface area contributed by atoms with Gasteiger partial charge < -0.3 is 15.8 Å². The summed E-state index contributed by atoms with van der Waals surface area (Å²) in [4.78, 5) is 8.79. The average Bonchev–Trinajstić information content (AvgIpc) is 2.26. The smallest absolute Gasteiger partial charge is 0.223 e. The van der Waals surface area contributed by atoms with Crippen LogP contribution in [0.4, 0.5) is 5.95 Å². The Kier molecular flexibility index (Phi) is 5.24. The number of thiocarbonyl (C=S) groups is 1. The minimum atomic E-state index is 0.281. The van der Waals surface area contributed by atoms with E-state index in [1.54, 1.807) is 13.2 Å². The Hall–Kier alpha value is -1.27. The van der Waals surface area contributed by atoms with E-state index in [2.05, 4.69) is 22.2 Å². The first-order chi connectivity index (χ1) is 8.02. The van der Waals surface area contributed by atoms with Crippen LogP contribution in [0.5, 0.6) is 0 Å². The van der Waals surface area contributed by atoms with E-state index in [9.17, 15) is 0 Å². The number of nitrogens with zero attached hydrogens (tertiary/aromatic N) is 2. The maximum atomic E-state index is 5.55. The lowest BCUT2D eigenvalue weighted by molar-refractivity contribution is 0.164. The van der Waals surface area contributed by atoms with Gasteiger partial charge in [-0.15, -0.1) is 0 Å². The van der Waals surface area contributed by atoms with Crippen LogP contribution in [-0.2, 0) is 4.74 Å². The fraction of sp³-hybridized carbons (Fsp3) is 0.545. The van der Waals surface area contributed by atoms with Crippen LogP contribution in [0.15, 0.2) is 6.07 Å². The number of aromatic nitrogens is 2. The van der Waals surface area contributed by atoms with Crippen molar-refractivity contribution in [2.75, 3.05) is 25.6 Å². The third-order valence-corrected chi connectivity index (χ3v) is 2.38. The molecule has 0 radical (unpaired) electrons. The van der Waals surface area contributed by atoms with Crippen molar-refractivity contribution in [3.63, 3.8) is 0 Å². The van der Waals surface area contributed by atoms with Crippen molar-refractivity contribution in [3.05, 3.63) is 17.5 Å². The summed E-state index contributed by atoms with van der Waals surface area (Å²) in [5.41, 5.74) is 6.98. The van der Waals surface area contributed by atoms with E-state index in [0.717, 1.165) is 12.2 Å². The molecule has 5 nitrogen and oxygen atoms in total. The SMILES string of the molecule is COCC(C)CNc1nc(C)cc(C(N)=S)n1. The Morgan fingerprint density at radius 2 is 2.29 bits per heavy atom. The van der Waals surface area contributed by atoms with Gasteiger partial charge in [0.2, 0.25) is 5.95 Å². The Labute approximate surface area is 107 Å². The topological polar surface area (TPSA) is 73.1 Å². The minimum absolute atomic E-state index is 0.281. The molecule has 1 heterocycles. The second-order valence-corrected chi connectivity index (χ2v) is 4.46. The van der Waals surface area contributed by atoms with E-state index in [0.29, 0.717) is 24.2 Å². The molecule has 1 aromatic rings. The Balaban J connectivity index is 2.68. The maximum absolute atomic E-state index is 5.55. The highest BCUT2D eigenvalue weighted by Crippen LogP contribution is 2.06. The van der Waals surface area contributed by atoms with E-state index >= 15 is 0 Å². The van der Waals surface area contributed by atoms with Crippen LogP contribution >= 0.6 is 12.2 Å². The van der Waals surface area contributed by atoms with Crippen molar-refractivity contribution in [2.24, 2.45) is 11.7 Å². The summed E-state index contributed by atoms with van der Waals surface area (Å²) in [6.07, 6.45) is 0. The number of anilines is 1. The number of hydrogen-bond donors (Lipinski definition) is 2. The van der Waals surface area contributed by atoms with Gasteiger partial charge in [-0.1, -0.05) is 19.1 Å². The third kappa shape index (κ3) is 4.62. The van der Waals surface area contributed by atoms with Crippen molar-refractivity contribution in [3.8, 4) is 0 Å². The van der Waals surface area contributed by atoms with Gasteiger partial charge in [-0.25, -0.2) is 9.97 Å². The molecule has 1 unspecified atom stereocenters. The Morgan fingerprint density at radius 1 is 1.59 bits per heavy atom. The molecule has 0 saturated heterocycles. The first-order valence-corrected chi connectivity index (χ1v) is 5.82. The molecule has 0 amide bonds. The lowest BCUT2D eigenvalue weighted by Gasteiger charge is -2.12. The van der Waals surface area contributed by atoms with Crippen molar-refractivity contribution < 1.29 is 4.74 Å². The summed E-state index contributed by atoms with van der Waals surface area (Å²) in [5, 5.41) is 3.15. The lowest BCUT2D eigenvalue weighted by Crippen LogP contribution is -2.19. The molecule has 0 aliphatic carbocycles. The molecule has 1 atom stereocenters. The van der Waals surface area contributed by atoms with Gasteiger partial charge in [0.05, 0.1) is 6.61 Å². The molecule has 0 spiro atoms. The number of aryl methyl sites for hydroxylation is 1. The standard InChI is InChI=1S/C11H18N4OS/c1-7(6-16-3)5-13-11-14-8(2)4-9(15-11)10(12)17/h4,7H,5-6H2,1-3H3,(H2,12,17)(H,13,14,15). The van der Waals surface area contributed by atoms with Gasteiger partial charge in [-0.2, -0.15) is 0 Å². The number of ether oxygens (including phenoxy) is 1. The second-order valence-electron chi connectivity index (χ2n) is 4.02. The van der Waals surface area contributed by atoms with Crippen LogP contribution in [0.3, 0.4) is 0 Å². The third-order valence-electron chi connectivity index (χ3n) is 2.17. The van der Waals surface area contributed by atoms with Gasteiger partial charge in [0.15, 0.2) is 0 Å². The summed E-state index contributed by atoms with van der Waals surface area (Å²) in [5.74, 6) is 0.938. The molecule has 0 bridgehead atoms. The average molecular weight is 254 g/mol. The molecule has 94 valence electrons. The molecule has 0 fully saturated rings. The van der Waals surface area contributed by atoms with Crippen LogP contribution in [0.1, 0.15) is 18.3 Å². The number of nitrogens with one attached hydrogen (secondary N) is 1. The van der Waals surface area contributed by atoms with E-state index in [-0.39, 0.29) is 4.99 Å². The summed E-state index contributed by atoms with van der Waals surface area (Å²) in [6, 6.07) is 1.77. The molecule has 3 N–H and O–H groups in total. The highest BCUT2D eigenvalue weighted by molar-refractivity contribution is 7.80. The number of hydrogen-bond acceptors (Lipinski definition) is 5. The van der Waals surface area contributed by atoms with E-state index in [1.165, 1.54) is 0 Å². The largest absolute Gasteiger partial charge is 0.388 e. The summed E-state index contributed by atoms with van der Waals surface area (Å²) in [6.45, 7) is 5.41. The molecule has 1 rings (SSSR count). The zero-order valence-corrected chi connectivity index (χ0v) is 11.2. The van der Waals surface area contributed by atoms with Gasteiger partial charge in [0, 0.05) is 19.3 Å². The van der Waals surface area contributed by atoms with Crippen LogP contribution < -0.4 is 11.1 Å². The second kappa shape index (κ2) is 6.46. The summed E-state index contributed by atoms with van der Waals surface area (Å²) in [7, 11) is 1.69. The first-order valence-electron chi connectivity index (χ1n) is 5.41. The molecule has 6 heteroatoms. The number of nitrogens with two attached hydrogens (primary N) is 1. The molecule has 1 aromatic heterocycles. The molecular formula is C11H18N4OS. The highest BCUT2D eigenvalue weighted by atomic mass is 32.1. The van der Waals surface area contributed by atoms with E-state index in [4.69, 9.17) is 22.7 Å². The van der Waals surface area contributed by atoms with Crippen LogP contribution in [-0.4, -0.2) is 35.2 Å². The van der Waals surface area contributed by atoms with Crippen molar-refractivity contribution >= 4 is 23.2 Å². The van der Waals surface area contributed by atoms with E-state index < -0.39 is 0 Å². The fourth-order valence-corrected chi connectivity index (χ4v) is 1.49. The molecule has 0 aliphatic rings. The van der Waals surface area contributed by atoms with Crippen LogP contribution in [0.25, 0.3) is 0 Å². The molecule has 0 aromatic carbocycles.